The SMILES string of the molecule is O=C(O)CC1COCCN1C(=O)COc1ccc(F)cc1Br. The summed E-state index contributed by atoms with van der Waals surface area (Å²) in [6.45, 7) is 0.630. The van der Waals surface area contributed by atoms with E-state index >= 15 is 0 Å². The van der Waals surface area contributed by atoms with Crippen molar-refractivity contribution in [1.29, 1.82) is 0 Å². The lowest BCUT2D eigenvalue weighted by molar-refractivity contribution is -0.147. The van der Waals surface area contributed by atoms with Crippen molar-refractivity contribution in [2.75, 3.05) is 26.4 Å². The molecule has 1 saturated heterocycles. The highest BCUT2D eigenvalue weighted by Gasteiger charge is 2.29. The van der Waals surface area contributed by atoms with Crippen LogP contribution in [0.2, 0.25) is 0 Å². The van der Waals surface area contributed by atoms with Crippen LogP contribution in [0.25, 0.3) is 0 Å². The molecule has 1 unspecified atom stereocenters. The number of benzene rings is 1. The predicted molar refractivity (Wildman–Crippen MR) is 78.2 cm³/mol. The molecule has 2 rings (SSSR count). The van der Waals surface area contributed by atoms with Gasteiger partial charge in [0.05, 0.1) is 30.1 Å². The van der Waals surface area contributed by atoms with Gasteiger partial charge >= 0.3 is 5.97 Å². The summed E-state index contributed by atoms with van der Waals surface area (Å²) in [5.41, 5.74) is 0. The Labute approximate surface area is 134 Å². The molecule has 1 fully saturated rings. The largest absolute Gasteiger partial charge is 0.483 e. The Morgan fingerprint density at radius 2 is 2.27 bits per heavy atom. The Kier molecular flexibility index (Phi) is 5.73. The molecule has 1 heterocycles. The summed E-state index contributed by atoms with van der Waals surface area (Å²) in [5, 5.41) is 8.87. The number of ether oxygens (including phenoxy) is 2. The number of nitrogens with zero attached hydrogens (tertiary/aromatic N) is 1. The van der Waals surface area contributed by atoms with Gasteiger partial charge in [0, 0.05) is 6.54 Å². The predicted octanol–water partition coefficient (Wildman–Crippen LogP) is 1.67. The molecule has 1 amide bonds. The molecule has 1 aliphatic rings. The minimum atomic E-state index is -0.990. The van der Waals surface area contributed by atoms with Crippen LogP contribution < -0.4 is 4.74 Å². The molecule has 6 nitrogen and oxygen atoms in total. The highest BCUT2D eigenvalue weighted by Crippen LogP contribution is 2.25. The molecule has 1 aromatic rings. The van der Waals surface area contributed by atoms with E-state index in [0.717, 1.165) is 0 Å². The maximum absolute atomic E-state index is 13.0. The molecule has 8 heteroatoms. The molecular formula is C14H15BrFNO5. The molecule has 1 aliphatic heterocycles. The molecule has 0 bridgehead atoms. The number of carboxylic acid groups (broad SMARTS) is 1. The number of carbonyl (C=O) groups excluding carboxylic acids is 1. The van der Waals surface area contributed by atoms with Crippen LogP contribution in [0.1, 0.15) is 6.42 Å². The summed E-state index contributed by atoms with van der Waals surface area (Å²) >= 11 is 3.15. The van der Waals surface area contributed by atoms with Gasteiger partial charge in [-0.2, -0.15) is 0 Å². The molecule has 120 valence electrons. The van der Waals surface area contributed by atoms with E-state index in [1.165, 1.54) is 23.1 Å². The molecule has 22 heavy (non-hydrogen) atoms. The van der Waals surface area contributed by atoms with E-state index in [-0.39, 0.29) is 25.5 Å². The maximum Gasteiger partial charge on any atom is 0.305 e. The molecule has 0 spiro atoms. The monoisotopic (exact) mass is 375 g/mol. The molecule has 1 N–H and O–H groups in total. The molecule has 0 aliphatic carbocycles. The zero-order chi connectivity index (χ0) is 16.1. The van der Waals surface area contributed by atoms with Crippen LogP contribution >= 0.6 is 15.9 Å². The van der Waals surface area contributed by atoms with Crippen molar-refractivity contribution in [1.82, 2.24) is 4.90 Å². The fraction of sp³-hybridized carbons (Fsp3) is 0.429. The smallest absolute Gasteiger partial charge is 0.305 e. The third-order valence-electron chi connectivity index (χ3n) is 3.20. The first-order valence-corrected chi connectivity index (χ1v) is 7.43. The van der Waals surface area contributed by atoms with E-state index in [0.29, 0.717) is 23.4 Å². The van der Waals surface area contributed by atoms with Crippen molar-refractivity contribution < 1.29 is 28.6 Å². The van der Waals surface area contributed by atoms with Crippen LogP contribution in [-0.4, -0.2) is 54.3 Å². The molecule has 1 aromatic carbocycles. The van der Waals surface area contributed by atoms with E-state index in [9.17, 15) is 14.0 Å². The van der Waals surface area contributed by atoms with Gasteiger partial charge in [-0.05, 0) is 34.1 Å². The van der Waals surface area contributed by atoms with Crippen LogP contribution in [0.5, 0.6) is 5.75 Å². The van der Waals surface area contributed by atoms with Crippen LogP contribution in [-0.2, 0) is 14.3 Å². The van der Waals surface area contributed by atoms with Gasteiger partial charge < -0.3 is 19.5 Å². The van der Waals surface area contributed by atoms with Gasteiger partial charge in [-0.15, -0.1) is 0 Å². The second-order valence-electron chi connectivity index (χ2n) is 4.78. The fourth-order valence-corrected chi connectivity index (χ4v) is 2.63. The van der Waals surface area contributed by atoms with E-state index < -0.39 is 17.8 Å². The van der Waals surface area contributed by atoms with Crippen molar-refractivity contribution in [3.8, 4) is 5.75 Å². The van der Waals surface area contributed by atoms with Crippen molar-refractivity contribution in [2.24, 2.45) is 0 Å². The highest BCUT2D eigenvalue weighted by molar-refractivity contribution is 9.10. The highest BCUT2D eigenvalue weighted by atomic mass is 79.9. The standard InChI is InChI=1S/C14H15BrFNO5/c15-11-5-9(16)1-2-12(11)22-8-13(18)17-3-4-21-7-10(17)6-14(19)20/h1-2,5,10H,3-4,6-8H2,(H,19,20). The number of hydrogen-bond acceptors (Lipinski definition) is 4. The third-order valence-corrected chi connectivity index (χ3v) is 3.82. The minimum absolute atomic E-state index is 0.175. The number of carboxylic acids is 1. The summed E-state index contributed by atoms with van der Waals surface area (Å²) in [4.78, 5) is 24.5. The summed E-state index contributed by atoms with van der Waals surface area (Å²) in [5.74, 6) is -1.39. The van der Waals surface area contributed by atoms with Crippen LogP contribution in [0.4, 0.5) is 4.39 Å². The lowest BCUT2D eigenvalue weighted by Gasteiger charge is -2.34. The number of rotatable bonds is 5. The first kappa shape index (κ1) is 16.7. The van der Waals surface area contributed by atoms with Crippen molar-refractivity contribution in [3.63, 3.8) is 0 Å². The Balaban J connectivity index is 1.96. The van der Waals surface area contributed by atoms with Gasteiger partial charge in [-0.1, -0.05) is 0 Å². The fourth-order valence-electron chi connectivity index (χ4n) is 2.17. The Morgan fingerprint density at radius 1 is 1.50 bits per heavy atom. The quantitative estimate of drug-likeness (QED) is 0.846. The average molecular weight is 376 g/mol. The van der Waals surface area contributed by atoms with E-state index in [1.807, 2.05) is 0 Å². The summed E-state index contributed by atoms with van der Waals surface area (Å²) in [7, 11) is 0. The number of hydrogen-bond donors (Lipinski definition) is 1. The first-order chi connectivity index (χ1) is 10.5. The lowest BCUT2D eigenvalue weighted by Crippen LogP contribution is -2.51. The Hall–Kier alpha value is -1.67. The number of morpholine rings is 1. The summed E-state index contributed by atoms with van der Waals surface area (Å²) < 4.78 is 24.0. The van der Waals surface area contributed by atoms with Crippen LogP contribution in [0, 0.1) is 5.82 Å². The topological polar surface area (TPSA) is 76.1 Å². The van der Waals surface area contributed by atoms with Crippen molar-refractivity contribution in [3.05, 3.63) is 28.5 Å². The third kappa shape index (κ3) is 4.41. The van der Waals surface area contributed by atoms with Crippen molar-refractivity contribution >= 4 is 27.8 Å². The van der Waals surface area contributed by atoms with E-state index in [2.05, 4.69) is 15.9 Å². The van der Waals surface area contributed by atoms with Gasteiger partial charge in [0.15, 0.2) is 6.61 Å². The van der Waals surface area contributed by atoms with Crippen LogP contribution in [0.15, 0.2) is 22.7 Å². The second-order valence-corrected chi connectivity index (χ2v) is 5.63. The van der Waals surface area contributed by atoms with Gasteiger partial charge in [-0.3, -0.25) is 9.59 Å². The average Bonchev–Trinajstić information content (AvgIpc) is 2.46. The zero-order valence-electron chi connectivity index (χ0n) is 11.6. The number of aliphatic carboxylic acids is 1. The number of carbonyl (C=O) groups is 2. The normalized spacial score (nSPS) is 18.1. The van der Waals surface area contributed by atoms with Crippen LogP contribution in [0.3, 0.4) is 0 Å². The molecule has 0 radical (unpaired) electrons. The second kappa shape index (κ2) is 7.55. The number of amides is 1. The van der Waals surface area contributed by atoms with Gasteiger partial charge in [-0.25, -0.2) is 4.39 Å². The molecule has 1 atom stereocenters. The van der Waals surface area contributed by atoms with E-state index in [1.54, 1.807) is 0 Å². The molecule has 0 saturated carbocycles. The first-order valence-electron chi connectivity index (χ1n) is 6.64. The lowest BCUT2D eigenvalue weighted by atomic mass is 10.1. The molecule has 0 aromatic heterocycles. The summed E-state index contributed by atoms with van der Waals surface area (Å²) in [6, 6.07) is 3.38. The minimum Gasteiger partial charge on any atom is -0.483 e. The van der Waals surface area contributed by atoms with Gasteiger partial charge in [0.25, 0.3) is 5.91 Å². The van der Waals surface area contributed by atoms with Crippen molar-refractivity contribution in [2.45, 2.75) is 12.5 Å². The Morgan fingerprint density at radius 3 is 2.95 bits per heavy atom. The van der Waals surface area contributed by atoms with E-state index in [4.69, 9.17) is 14.6 Å². The molecular weight excluding hydrogens is 361 g/mol. The van der Waals surface area contributed by atoms with Gasteiger partial charge in [0.1, 0.15) is 11.6 Å². The maximum atomic E-state index is 13.0. The Bertz CT molecular complexity index is 568. The summed E-state index contributed by atoms with van der Waals surface area (Å²) in [6.07, 6.45) is -0.175. The van der Waals surface area contributed by atoms with Gasteiger partial charge in [0.2, 0.25) is 0 Å². The number of halogens is 2. The zero-order valence-corrected chi connectivity index (χ0v) is 13.2.